The van der Waals surface area contributed by atoms with Crippen LogP contribution in [0.4, 0.5) is 10.3 Å². The first-order chi connectivity index (χ1) is 15.1. The molecular weight excluding hydrogens is 391 g/mol. The second kappa shape index (κ2) is 8.13. The number of nitrogens with zero attached hydrogens (tertiary/aromatic N) is 5. The van der Waals surface area contributed by atoms with Gasteiger partial charge in [-0.3, -0.25) is 4.68 Å². The van der Waals surface area contributed by atoms with Crippen LogP contribution in [0.2, 0.25) is 0 Å². The van der Waals surface area contributed by atoms with Crippen LogP contribution in [0.1, 0.15) is 43.0 Å². The highest BCUT2D eigenvalue weighted by atomic mass is 19.1. The smallest absolute Gasteiger partial charge is 0.243 e. The second-order valence-electron chi connectivity index (χ2n) is 8.36. The van der Waals surface area contributed by atoms with E-state index in [0.29, 0.717) is 5.95 Å². The summed E-state index contributed by atoms with van der Waals surface area (Å²) in [5, 5.41) is 12.8. The molecule has 1 N–H and O–H groups in total. The molecule has 0 amide bonds. The number of aryl methyl sites for hydroxylation is 2. The van der Waals surface area contributed by atoms with Crippen LogP contribution in [0, 0.1) is 12.7 Å². The molecule has 0 fully saturated rings. The van der Waals surface area contributed by atoms with Gasteiger partial charge < -0.3 is 5.32 Å². The van der Waals surface area contributed by atoms with E-state index in [2.05, 4.69) is 27.1 Å². The van der Waals surface area contributed by atoms with E-state index in [0.717, 1.165) is 54.6 Å². The summed E-state index contributed by atoms with van der Waals surface area (Å²) < 4.78 is 17.5. The Morgan fingerprint density at radius 3 is 2.97 bits per heavy atom. The number of benzene rings is 1. The highest BCUT2D eigenvalue weighted by Gasteiger charge is 2.23. The Labute approximate surface area is 181 Å². The lowest BCUT2D eigenvalue weighted by molar-refractivity contribution is 0.517. The van der Waals surface area contributed by atoms with Crippen LogP contribution in [-0.4, -0.2) is 30.4 Å². The second-order valence-corrected chi connectivity index (χ2v) is 8.36. The number of nitrogens with one attached hydrogen (secondary N) is 1. The van der Waals surface area contributed by atoms with E-state index in [1.807, 2.05) is 31.5 Å². The number of anilines is 1. The predicted octanol–water partition coefficient (Wildman–Crippen LogP) is 4.81. The Bertz CT molecular complexity index is 1220. The van der Waals surface area contributed by atoms with Gasteiger partial charge >= 0.3 is 0 Å². The molecule has 0 saturated carbocycles. The van der Waals surface area contributed by atoms with Gasteiger partial charge in [0.25, 0.3) is 0 Å². The van der Waals surface area contributed by atoms with Gasteiger partial charge in [0, 0.05) is 30.0 Å². The highest BCUT2D eigenvalue weighted by Crippen LogP contribution is 2.28. The van der Waals surface area contributed by atoms with Crippen molar-refractivity contribution in [3.05, 3.63) is 65.4 Å². The minimum atomic E-state index is -0.230. The van der Waals surface area contributed by atoms with Crippen molar-refractivity contribution < 1.29 is 4.39 Å². The van der Waals surface area contributed by atoms with Gasteiger partial charge in [0.2, 0.25) is 5.95 Å². The average Bonchev–Trinajstić information content (AvgIpc) is 3.35. The molecule has 3 heterocycles. The molecule has 31 heavy (non-hydrogen) atoms. The topological polar surface area (TPSA) is 60.0 Å². The zero-order valence-corrected chi connectivity index (χ0v) is 18.0. The third kappa shape index (κ3) is 3.80. The maximum Gasteiger partial charge on any atom is 0.243 e. The van der Waals surface area contributed by atoms with Crippen molar-refractivity contribution in [2.75, 3.05) is 5.32 Å². The molecule has 0 saturated heterocycles. The molecule has 1 aliphatic rings. The van der Waals surface area contributed by atoms with Gasteiger partial charge in [-0.05, 0) is 73.6 Å². The fourth-order valence-corrected chi connectivity index (χ4v) is 4.50. The summed E-state index contributed by atoms with van der Waals surface area (Å²) in [6.07, 6.45) is 9.24. The summed E-state index contributed by atoms with van der Waals surface area (Å²) in [5.74, 6) is 0.394. The molecule has 5 rings (SSSR count). The molecule has 6 nitrogen and oxygen atoms in total. The van der Waals surface area contributed by atoms with Crippen LogP contribution >= 0.6 is 0 Å². The van der Waals surface area contributed by atoms with Gasteiger partial charge in [0.15, 0.2) is 5.65 Å². The molecule has 0 aliphatic heterocycles. The molecule has 3 aromatic heterocycles. The summed E-state index contributed by atoms with van der Waals surface area (Å²) in [4.78, 5) is 4.77. The number of unbranched alkanes of at least 4 members (excludes halogenated alkanes) is 1. The monoisotopic (exact) mass is 418 g/mol. The summed E-state index contributed by atoms with van der Waals surface area (Å²) in [5.41, 5.74) is 6.26. The normalized spacial score (nSPS) is 15.9. The minimum absolute atomic E-state index is 0.230. The van der Waals surface area contributed by atoms with Crippen molar-refractivity contribution in [2.45, 2.75) is 58.5 Å². The molecule has 0 spiro atoms. The van der Waals surface area contributed by atoms with E-state index in [4.69, 9.17) is 4.98 Å². The minimum Gasteiger partial charge on any atom is -0.350 e. The van der Waals surface area contributed by atoms with Gasteiger partial charge in [-0.1, -0.05) is 19.4 Å². The van der Waals surface area contributed by atoms with Crippen LogP contribution in [-0.2, 0) is 19.4 Å². The first-order valence-corrected chi connectivity index (χ1v) is 11.0. The predicted molar refractivity (Wildman–Crippen MR) is 120 cm³/mol. The van der Waals surface area contributed by atoms with E-state index in [1.54, 1.807) is 16.6 Å². The molecule has 1 unspecified atom stereocenters. The fourth-order valence-electron chi connectivity index (χ4n) is 4.50. The standard InChI is InChI=1S/C24H27FN6/c1-3-4-11-30-22-10-8-19(14-17(22)15-26-30)27-24-28-23-21(6-5-12-31(23)29-24)20-9-7-18(25)13-16(20)2/h5-7,9,12-13,15,19H,3-4,8,10-11,14H2,1-2H3,(H,27,29). The van der Waals surface area contributed by atoms with E-state index >= 15 is 0 Å². The van der Waals surface area contributed by atoms with Crippen LogP contribution in [0.15, 0.2) is 42.7 Å². The van der Waals surface area contributed by atoms with E-state index in [-0.39, 0.29) is 11.9 Å². The Morgan fingerprint density at radius 2 is 2.13 bits per heavy atom. The molecule has 1 atom stereocenters. The Balaban J connectivity index is 1.38. The third-order valence-corrected chi connectivity index (χ3v) is 6.13. The highest BCUT2D eigenvalue weighted by molar-refractivity contribution is 5.79. The van der Waals surface area contributed by atoms with Crippen LogP contribution in [0.3, 0.4) is 0 Å². The SMILES string of the molecule is CCCCn1ncc2c1CCC(Nc1nc3c(-c4ccc(F)cc4C)cccn3n1)C2. The van der Waals surface area contributed by atoms with Crippen LogP contribution < -0.4 is 5.32 Å². The van der Waals surface area contributed by atoms with Crippen molar-refractivity contribution in [1.82, 2.24) is 24.4 Å². The van der Waals surface area contributed by atoms with E-state index in [1.165, 1.54) is 23.7 Å². The van der Waals surface area contributed by atoms with Crippen molar-refractivity contribution in [3.63, 3.8) is 0 Å². The Hall–Kier alpha value is -3.22. The Morgan fingerprint density at radius 1 is 1.23 bits per heavy atom. The lowest BCUT2D eigenvalue weighted by Gasteiger charge is -2.23. The first-order valence-electron chi connectivity index (χ1n) is 11.0. The summed E-state index contributed by atoms with van der Waals surface area (Å²) in [6, 6.07) is 9.08. The lowest BCUT2D eigenvalue weighted by atomic mass is 9.93. The number of hydrogen-bond acceptors (Lipinski definition) is 4. The molecule has 0 bridgehead atoms. The molecule has 160 valence electrons. The van der Waals surface area contributed by atoms with Gasteiger partial charge in [0.1, 0.15) is 5.82 Å². The quantitative estimate of drug-likeness (QED) is 0.488. The van der Waals surface area contributed by atoms with Crippen LogP contribution in [0.25, 0.3) is 16.8 Å². The molecule has 7 heteroatoms. The van der Waals surface area contributed by atoms with Gasteiger partial charge in [-0.25, -0.2) is 8.91 Å². The largest absolute Gasteiger partial charge is 0.350 e. The number of rotatable bonds is 6. The zero-order valence-electron chi connectivity index (χ0n) is 18.0. The maximum atomic E-state index is 13.6. The maximum absolute atomic E-state index is 13.6. The number of fused-ring (bicyclic) bond motifs is 2. The van der Waals surface area contributed by atoms with Gasteiger partial charge in [0.05, 0.1) is 6.20 Å². The van der Waals surface area contributed by atoms with Crippen molar-refractivity contribution in [2.24, 2.45) is 0 Å². The summed E-state index contributed by atoms with van der Waals surface area (Å²) >= 11 is 0. The summed E-state index contributed by atoms with van der Waals surface area (Å²) in [6.45, 7) is 5.13. The third-order valence-electron chi connectivity index (χ3n) is 6.13. The molecule has 0 radical (unpaired) electrons. The lowest BCUT2D eigenvalue weighted by Crippen LogP contribution is -2.28. The average molecular weight is 419 g/mol. The molecular formula is C24H27FN6. The molecule has 4 aromatic rings. The first kappa shape index (κ1) is 19.7. The van der Waals surface area contributed by atoms with Crippen molar-refractivity contribution in [1.29, 1.82) is 0 Å². The molecule has 1 aliphatic carbocycles. The molecule has 1 aromatic carbocycles. The van der Waals surface area contributed by atoms with Crippen LogP contribution in [0.5, 0.6) is 0 Å². The fraction of sp³-hybridized carbons (Fsp3) is 0.375. The number of aromatic nitrogens is 5. The van der Waals surface area contributed by atoms with E-state index < -0.39 is 0 Å². The zero-order chi connectivity index (χ0) is 21.4. The van der Waals surface area contributed by atoms with Crippen molar-refractivity contribution >= 4 is 11.6 Å². The number of pyridine rings is 1. The Kier molecular flexibility index (Phi) is 5.18. The number of hydrogen-bond donors (Lipinski definition) is 1. The van der Waals surface area contributed by atoms with Gasteiger partial charge in [-0.2, -0.15) is 10.1 Å². The summed E-state index contributed by atoms with van der Waals surface area (Å²) in [7, 11) is 0. The van der Waals surface area contributed by atoms with Gasteiger partial charge in [-0.15, -0.1) is 5.10 Å². The van der Waals surface area contributed by atoms with Crippen molar-refractivity contribution in [3.8, 4) is 11.1 Å². The number of halogens is 1. The van der Waals surface area contributed by atoms with E-state index in [9.17, 15) is 4.39 Å².